The molecule has 2 fully saturated rings. The van der Waals surface area contributed by atoms with Crippen molar-refractivity contribution in [3.05, 3.63) is 29.3 Å². The molecule has 5 nitrogen and oxygen atoms in total. The largest absolute Gasteiger partial charge is 0.368 e. The molecule has 2 aliphatic rings. The minimum atomic E-state index is -0.324. The summed E-state index contributed by atoms with van der Waals surface area (Å²) in [6.07, 6.45) is 1.07. The molecule has 2 aliphatic heterocycles. The standard InChI is InChI=1S/C15H18ClN3O2/c16-11-2-1-3-12(10-11)18-6-8-19(9-7-18)15(21)13-4-5-14(20)17-13/h1-3,10,13H,4-9H2,(H,17,20). The third-order valence-corrected chi connectivity index (χ3v) is 4.29. The molecule has 0 saturated carbocycles. The first-order valence-corrected chi connectivity index (χ1v) is 7.60. The van der Waals surface area contributed by atoms with Crippen LogP contribution in [-0.4, -0.2) is 48.9 Å². The lowest BCUT2D eigenvalue weighted by Crippen LogP contribution is -2.53. The van der Waals surface area contributed by atoms with Gasteiger partial charge in [-0.05, 0) is 24.6 Å². The van der Waals surface area contributed by atoms with Gasteiger partial charge in [-0.3, -0.25) is 9.59 Å². The highest BCUT2D eigenvalue weighted by Gasteiger charge is 2.32. The Bertz CT molecular complexity index is 556. The summed E-state index contributed by atoms with van der Waals surface area (Å²) in [5, 5.41) is 3.46. The molecule has 21 heavy (non-hydrogen) atoms. The fraction of sp³-hybridized carbons (Fsp3) is 0.467. The topological polar surface area (TPSA) is 52.7 Å². The fourth-order valence-corrected chi connectivity index (χ4v) is 3.06. The number of nitrogens with zero attached hydrogens (tertiary/aromatic N) is 2. The molecule has 3 rings (SSSR count). The molecule has 1 aromatic carbocycles. The minimum Gasteiger partial charge on any atom is -0.368 e. The molecule has 0 bridgehead atoms. The maximum atomic E-state index is 12.3. The van der Waals surface area contributed by atoms with Gasteiger partial charge in [0.05, 0.1) is 0 Å². The van der Waals surface area contributed by atoms with E-state index < -0.39 is 0 Å². The summed E-state index contributed by atoms with van der Waals surface area (Å²) in [4.78, 5) is 27.6. The van der Waals surface area contributed by atoms with Gasteiger partial charge in [-0.15, -0.1) is 0 Å². The monoisotopic (exact) mass is 307 g/mol. The number of anilines is 1. The second-order valence-corrected chi connectivity index (χ2v) is 5.89. The van der Waals surface area contributed by atoms with Crippen LogP contribution in [0.2, 0.25) is 5.02 Å². The number of nitrogens with one attached hydrogen (secondary N) is 1. The number of halogens is 1. The molecule has 1 N–H and O–H groups in total. The second kappa shape index (κ2) is 5.93. The number of piperazine rings is 1. The van der Waals surface area contributed by atoms with Crippen LogP contribution in [0.3, 0.4) is 0 Å². The summed E-state index contributed by atoms with van der Waals surface area (Å²) in [7, 11) is 0. The predicted molar refractivity (Wildman–Crippen MR) is 81.4 cm³/mol. The molecule has 2 heterocycles. The van der Waals surface area contributed by atoms with E-state index in [9.17, 15) is 9.59 Å². The highest BCUT2D eigenvalue weighted by Crippen LogP contribution is 2.21. The van der Waals surface area contributed by atoms with Crippen LogP contribution in [0.15, 0.2) is 24.3 Å². The quantitative estimate of drug-likeness (QED) is 0.895. The Hall–Kier alpha value is -1.75. The summed E-state index contributed by atoms with van der Waals surface area (Å²) in [5.74, 6) is 0.0255. The molecule has 0 spiro atoms. The molecule has 1 unspecified atom stereocenters. The third kappa shape index (κ3) is 3.13. The van der Waals surface area contributed by atoms with Gasteiger partial charge in [0.1, 0.15) is 6.04 Å². The Morgan fingerprint density at radius 2 is 2.00 bits per heavy atom. The van der Waals surface area contributed by atoms with Crippen molar-refractivity contribution in [1.82, 2.24) is 10.2 Å². The number of carbonyl (C=O) groups excluding carboxylic acids is 2. The van der Waals surface area contributed by atoms with Crippen molar-refractivity contribution >= 4 is 29.1 Å². The molecule has 0 radical (unpaired) electrons. The number of amides is 2. The van der Waals surface area contributed by atoms with E-state index >= 15 is 0 Å². The number of rotatable bonds is 2. The number of carbonyl (C=O) groups is 2. The number of hydrogen-bond acceptors (Lipinski definition) is 3. The van der Waals surface area contributed by atoms with Crippen molar-refractivity contribution in [2.24, 2.45) is 0 Å². The summed E-state index contributed by atoms with van der Waals surface area (Å²) in [6, 6.07) is 7.43. The Morgan fingerprint density at radius 1 is 1.24 bits per heavy atom. The maximum Gasteiger partial charge on any atom is 0.245 e. The van der Waals surface area contributed by atoms with E-state index in [2.05, 4.69) is 10.2 Å². The van der Waals surface area contributed by atoms with Crippen molar-refractivity contribution in [2.75, 3.05) is 31.1 Å². The van der Waals surface area contributed by atoms with Crippen LogP contribution in [0.1, 0.15) is 12.8 Å². The SMILES string of the molecule is O=C1CCC(C(=O)N2CCN(c3cccc(Cl)c3)CC2)N1. The van der Waals surface area contributed by atoms with Crippen molar-refractivity contribution in [2.45, 2.75) is 18.9 Å². The summed E-state index contributed by atoms with van der Waals surface area (Å²) in [6.45, 7) is 2.93. The number of benzene rings is 1. The molecule has 112 valence electrons. The normalized spacial score (nSPS) is 22.3. The van der Waals surface area contributed by atoms with Gasteiger partial charge in [0.15, 0.2) is 0 Å². The van der Waals surface area contributed by atoms with Crippen molar-refractivity contribution in [3.63, 3.8) is 0 Å². The molecular weight excluding hydrogens is 290 g/mol. The Labute approximate surface area is 128 Å². The van der Waals surface area contributed by atoms with Crippen LogP contribution in [-0.2, 0) is 9.59 Å². The van der Waals surface area contributed by atoms with Crippen molar-refractivity contribution in [1.29, 1.82) is 0 Å². The lowest BCUT2D eigenvalue weighted by molar-refractivity contribution is -0.134. The zero-order chi connectivity index (χ0) is 14.8. The van der Waals surface area contributed by atoms with E-state index in [1.165, 1.54) is 0 Å². The van der Waals surface area contributed by atoms with Gasteiger partial charge in [0, 0.05) is 43.3 Å². The lowest BCUT2D eigenvalue weighted by atomic mass is 10.1. The Balaban J connectivity index is 1.57. The third-order valence-electron chi connectivity index (χ3n) is 4.06. The van der Waals surface area contributed by atoms with Crippen LogP contribution in [0.4, 0.5) is 5.69 Å². The first-order valence-electron chi connectivity index (χ1n) is 7.22. The Morgan fingerprint density at radius 3 is 2.62 bits per heavy atom. The predicted octanol–water partition coefficient (Wildman–Crippen LogP) is 1.27. The average molecular weight is 308 g/mol. The smallest absolute Gasteiger partial charge is 0.245 e. The van der Waals surface area contributed by atoms with Gasteiger partial charge in [-0.1, -0.05) is 17.7 Å². The fourth-order valence-electron chi connectivity index (χ4n) is 2.88. The molecule has 6 heteroatoms. The molecule has 1 atom stereocenters. The van der Waals surface area contributed by atoms with E-state index in [1.54, 1.807) is 0 Å². The van der Waals surface area contributed by atoms with E-state index in [4.69, 9.17) is 11.6 Å². The number of hydrogen-bond donors (Lipinski definition) is 1. The average Bonchev–Trinajstić information content (AvgIpc) is 2.93. The van der Waals surface area contributed by atoms with Crippen LogP contribution >= 0.6 is 11.6 Å². The summed E-state index contributed by atoms with van der Waals surface area (Å²) in [5.41, 5.74) is 1.09. The zero-order valence-corrected chi connectivity index (χ0v) is 12.5. The van der Waals surface area contributed by atoms with Gasteiger partial charge in [-0.25, -0.2) is 0 Å². The van der Waals surface area contributed by atoms with Crippen LogP contribution < -0.4 is 10.2 Å². The van der Waals surface area contributed by atoms with Gasteiger partial charge in [0.2, 0.25) is 11.8 Å². The highest BCUT2D eigenvalue weighted by atomic mass is 35.5. The van der Waals surface area contributed by atoms with Gasteiger partial charge < -0.3 is 15.1 Å². The van der Waals surface area contributed by atoms with Crippen molar-refractivity contribution in [3.8, 4) is 0 Å². The first-order chi connectivity index (χ1) is 10.1. The maximum absolute atomic E-state index is 12.3. The van der Waals surface area contributed by atoms with Gasteiger partial charge >= 0.3 is 0 Å². The van der Waals surface area contributed by atoms with E-state index in [-0.39, 0.29) is 17.9 Å². The van der Waals surface area contributed by atoms with Crippen LogP contribution in [0.25, 0.3) is 0 Å². The molecule has 0 aromatic heterocycles. The lowest BCUT2D eigenvalue weighted by Gasteiger charge is -2.37. The van der Waals surface area contributed by atoms with Crippen molar-refractivity contribution < 1.29 is 9.59 Å². The molecular formula is C15H18ClN3O2. The molecule has 2 saturated heterocycles. The highest BCUT2D eigenvalue weighted by molar-refractivity contribution is 6.30. The Kier molecular flexibility index (Phi) is 4.01. The van der Waals surface area contributed by atoms with E-state index in [0.717, 1.165) is 23.8 Å². The van der Waals surface area contributed by atoms with Crippen LogP contribution in [0.5, 0.6) is 0 Å². The minimum absolute atomic E-state index is 0.0223. The van der Waals surface area contributed by atoms with E-state index in [0.29, 0.717) is 25.9 Å². The molecule has 0 aliphatic carbocycles. The first kappa shape index (κ1) is 14.2. The zero-order valence-electron chi connectivity index (χ0n) is 11.7. The molecule has 1 aromatic rings. The van der Waals surface area contributed by atoms with E-state index in [1.807, 2.05) is 29.2 Å². The summed E-state index contributed by atoms with van der Waals surface area (Å²) >= 11 is 6.01. The molecule has 2 amide bonds. The second-order valence-electron chi connectivity index (χ2n) is 5.45. The summed E-state index contributed by atoms with van der Waals surface area (Å²) < 4.78 is 0. The van der Waals surface area contributed by atoms with Crippen LogP contribution in [0, 0.1) is 0 Å². The van der Waals surface area contributed by atoms with Gasteiger partial charge in [-0.2, -0.15) is 0 Å². The van der Waals surface area contributed by atoms with Gasteiger partial charge in [0.25, 0.3) is 0 Å².